The summed E-state index contributed by atoms with van der Waals surface area (Å²) >= 11 is 4.82. The summed E-state index contributed by atoms with van der Waals surface area (Å²) in [6.07, 6.45) is 1.48. The van der Waals surface area contributed by atoms with Crippen molar-refractivity contribution >= 4 is 49.9 Å². The summed E-state index contributed by atoms with van der Waals surface area (Å²) in [6.45, 7) is 0.156. The van der Waals surface area contributed by atoms with Gasteiger partial charge in [0.25, 0.3) is 5.91 Å². The van der Waals surface area contributed by atoms with Crippen LogP contribution in [0.5, 0.6) is 11.5 Å². The van der Waals surface area contributed by atoms with Gasteiger partial charge in [0, 0.05) is 20.6 Å². The van der Waals surface area contributed by atoms with E-state index >= 15 is 0 Å². The maximum atomic E-state index is 12.8. The Kier molecular flexibility index (Phi) is 4.92. The van der Waals surface area contributed by atoms with E-state index < -0.39 is 0 Å². The van der Waals surface area contributed by atoms with Crippen LogP contribution in [0.3, 0.4) is 0 Å². The van der Waals surface area contributed by atoms with Crippen LogP contribution in [-0.4, -0.2) is 23.6 Å². The highest BCUT2D eigenvalue weighted by Crippen LogP contribution is 2.39. The van der Waals surface area contributed by atoms with Crippen LogP contribution in [0.15, 0.2) is 46.9 Å². The van der Waals surface area contributed by atoms with Gasteiger partial charge >= 0.3 is 0 Å². The Hall–Kier alpha value is -2.91. The Bertz CT molecular complexity index is 1160. The summed E-state index contributed by atoms with van der Waals surface area (Å²) < 4.78 is 11.5. The number of nitrogens with one attached hydrogen (secondary N) is 2. The van der Waals surface area contributed by atoms with Crippen LogP contribution in [0, 0.1) is 0 Å². The van der Waals surface area contributed by atoms with E-state index in [0.29, 0.717) is 28.6 Å². The predicted octanol–water partition coefficient (Wildman–Crippen LogP) is 4.56. The average molecular weight is 486 g/mol. The monoisotopic (exact) mass is 485 g/mol. The van der Waals surface area contributed by atoms with Crippen molar-refractivity contribution in [2.45, 2.75) is 18.8 Å². The molecule has 0 bridgehead atoms. The Morgan fingerprint density at radius 2 is 1.97 bits per heavy atom. The highest BCUT2D eigenvalue weighted by atomic mass is 79.9. The topological polar surface area (TPSA) is 89.6 Å². The first-order chi connectivity index (χ1) is 14.6. The highest BCUT2D eigenvalue weighted by molar-refractivity contribution is 9.10. The van der Waals surface area contributed by atoms with Gasteiger partial charge in [0.1, 0.15) is 0 Å². The maximum Gasteiger partial charge on any atom is 0.257 e. The number of aryl methyl sites for hydroxylation is 1. The van der Waals surface area contributed by atoms with Crippen LogP contribution >= 0.6 is 27.3 Å². The molecule has 1 aliphatic carbocycles. The largest absolute Gasteiger partial charge is 0.454 e. The van der Waals surface area contributed by atoms with Crippen LogP contribution in [0.25, 0.3) is 0 Å². The number of carbonyl (C=O) groups excluding carboxylic acids is 2. The standard InChI is InChI=1S/C21H16BrN3O4S/c22-12-2-1-3-13(9-12)23-20(27)14-5-7-17-18(14)24-21(30-17)25-19(26)11-4-6-15-16(8-11)29-10-28-15/h1-4,6,8-9,14H,5,7,10H2,(H,23,27)(H,24,25,26). The molecule has 2 N–H and O–H groups in total. The minimum absolute atomic E-state index is 0.0919. The Morgan fingerprint density at radius 3 is 2.83 bits per heavy atom. The predicted molar refractivity (Wildman–Crippen MR) is 116 cm³/mol. The fourth-order valence-corrected chi connectivity index (χ4v) is 4.97. The van der Waals surface area contributed by atoms with E-state index in [1.807, 2.05) is 24.3 Å². The van der Waals surface area contributed by atoms with Gasteiger partial charge in [0.05, 0.1) is 11.6 Å². The number of halogens is 1. The van der Waals surface area contributed by atoms with Crippen molar-refractivity contribution in [3.05, 3.63) is 63.1 Å². The number of ether oxygens (including phenoxy) is 2. The molecule has 3 aromatic rings. The normalized spacial score (nSPS) is 16.2. The molecule has 5 rings (SSSR count). The molecule has 2 aliphatic rings. The lowest BCUT2D eigenvalue weighted by Crippen LogP contribution is -2.20. The lowest BCUT2D eigenvalue weighted by Gasteiger charge is -2.11. The molecule has 9 heteroatoms. The van der Waals surface area contributed by atoms with E-state index in [2.05, 4.69) is 31.5 Å². The van der Waals surface area contributed by atoms with Gasteiger partial charge in [-0.1, -0.05) is 22.0 Å². The number of thiazole rings is 1. The zero-order chi connectivity index (χ0) is 20.7. The van der Waals surface area contributed by atoms with Gasteiger partial charge in [-0.3, -0.25) is 14.9 Å². The molecule has 0 saturated carbocycles. The van der Waals surface area contributed by atoms with Crippen molar-refractivity contribution in [3.8, 4) is 11.5 Å². The van der Waals surface area contributed by atoms with E-state index in [-0.39, 0.29) is 24.5 Å². The summed E-state index contributed by atoms with van der Waals surface area (Å²) in [6, 6.07) is 12.5. The molecule has 0 spiro atoms. The highest BCUT2D eigenvalue weighted by Gasteiger charge is 2.33. The van der Waals surface area contributed by atoms with Gasteiger partial charge in [-0.05, 0) is 49.2 Å². The molecule has 0 saturated heterocycles. The van der Waals surface area contributed by atoms with Crippen molar-refractivity contribution in [2.24, 2.45) is 0 Å². The van der Waals surface area contributed by atoms with Crippen LogP contribution < -0.4 is 20.1 Å². The molecule has 7 nitrogen and oxygen atoms in total. The summed E-state index contributed by atoms with van der Waals surface area (Å²) in [5.41, 5.74) is 1.93. The molecular formula is C21H16BrN3O4S. The van der Waals surface area contributed by atoms with Crippen LogP contribution in [0.2, 0.25) is 0 Å². The smallest absolute Gasteiger partial charge is 0.257 e. The summed E-state index contributed by atoms with van der Waals surface area (Å²) in [5.74, 6) is 0.473. The van der Waals surface area contributed by atoms with E-state index in [0.717, 1.165) is 27.2 Å². The van der Waals surface area contributed by atoms with E-state index in [9.17, 15) is 9.59 Å². The molecule has 2 amide bonds. The number of aromatic nitrogens is 1. The molecule has 0 fully saturated rings. The first kappa shape index (κ1) is 19.1. The number of amides is 2. The number of fused-ring (bicyclic) bond motifs is 2. The number of benzene rings is 2. The third-order valence-electron chi connectivity index (χ3n) is 4.98. The first-order valence-corrected chi connectivity index (χ1v) is 10.9. The fourth-order valence-electron chi connectivity index (χ4n) is 3.54. The van der Waals surface area contributed by atoms with Crippen molar-refractivity contribution in [3.63, 3.8) is 0 Å². The lowest BCUT2D eigenvalue weighted by molar-refractivity contribution is -0.117. The molecule has 30 heavy (non-hydrogen) atoms. The second-order valence-corrected chi connectivity index (χ2v) is 8.94. The van der Waals surface area contributed by atoms with Gasteiger partial charge in [0.15, 0.2) is 16.6 Å². The van der Waals surface area contributed by atoms with Crippen molar-refractivity contribution in [1.29, 1.82) is 0 Å². The summed E-state index contributed by atoms with van der Waals surface area (Å²) in [4.78, 5) is 31.0. The molecule has 152 valence electrons. The van der Waals surface area contributed by atoms with Gasteiger partial charge in [-0.15, -0.1) is 11.3 Å². The van der Waals surface area contributed by atoms with Crippen molar-refractivity contribution in [2.75, 3.05) is 17.4 Å². The molecule has 1 atom stereocenters. The van der Waals surface area contributed by atoms with Crippen LogP contribution in [0.4, 0.5) is 10.8 Å². The van der Waals surface area contributed by atoms with Gasteiger partial charge < -0.3 is 14.8 Å². The zero-order valence-electron chi connectivity index (χ0n) is 15.6. The number of anilines is 2. The maximum absolute atomic E-state index is 12.8. The SMILES string of the molecule is O=C(Nc1nc2c(s1)CCC2C(=O)Nc1cccc(Br)c1)c1ccc2c(c1)OCO2. The summed E-state index contributed by atoms with van der Waals surface area (Å²) in [5, 5.41) is 6.27. The van der Waals surface area contributed by atoms with E-state index in [1.165, 1.54) is 11.3 Å². The number of hydrogen-bond donors (Lipinski definition) is 2. The number of carbonyl (C=O) groups is 2. The number of nitrogens with zero attached hydrogens (tertiary/aromatic N) is 1. The summed E-state index contributed by atoms with van der Waals surface area (Å²) in [7, 11) is 0. The molecule has 1 aliphatic heterocycles. The minimum Gasteiger partial charge on any atom is -0.454 e. The van der Waals surface area contributed by atoms with Gasteiger partial charge in [-0.2, -0.15) is 0 Å². The first-order valence-electron chi connectivity index (χ1n) is 9.34. The Balaban J connectivity index is 1.29. The number of hydrogen-bond acceptors (Lipinski definition) is 6. The van der Waals surface area contributed by atoms with Crippen molar-refractivity contribution in [1.82, 2.24) is 4.98 Å². The minimum atomic E-state index is -0.327. The third-order valence-corrected chi connectivity index (χ3v) is 6.52. The van der Waals surface area contributed by atoms with Crippen molar-refractivity contribution < 1.29 is 19.1 Å². The molecular weight excluding hydrogens is 470 g/mol. The van der Waals surface area contributed by atoms with Crippen LogP contribution in [-0.2, 0) is 11.2 Å². The molecule has 0 radical (unpaired) electrons. The Labute approximate surface area is 184 Å². The second kappa shape index (κ2) is 7.73. The van der Waals surface area contributed by atoms with Gasteiger partial charge in [-0.25, -0.2) is 4.98 Å². The van der Waals surface area contributed by atoms with Gasteiger partial charge in [0.2, 0.25) is 12.7 Å². The second-order valence-electron chi connectivity index (χ2n) is 6.94. The molecule has 1 unspecified atom stereocenters. The van der Waals surface area contributed by atoms with Crippen LogP contribution in [0.1, 0.15) is 33.3 Å². The molecule has 2 aromatic carbocycles. The average Bonchev–Trinajstić information content (AvgIpc) is 3.42. The van der Waals surface area contributed by atoms with E-state index in [4.69, 9.17) is 9.47 Å². The zero-order valence-corrected chi connectivity index (χ0v) is 18.0. The van der Waals surface area contributed by atoms with E-state index in [1.54, 1.807) is 18.2 Å². The molecule has 2 heterocycles. The Morgan fingerprint density at radius 1 is 1.10 bits per heavy atom. The fraction of sp³-hybridized carbons (Fsp3) is 0.190. The lowest BCUT2D eigenvalue weighted by atomic mass is 10.1. The third kappa shape index (κ3) is 3.66. The number of rotatable bonds is 4. The quantitative estimate of drug-likeness (QED) is 0.565. The molecule has 1 aromatic heterocycles.